The van der Waals surface area contributed by atoms with Gasteiger partial charge in [0, 0.05) is 13.7 Å². The van der Waals surface area contributed by atoms with Crippen LogP contribution in [0.5, 0.6) is 0 Å². The molecule has 1 N–H and O–H groups in total. The second-order valence-corrected chi connectivity index (χ2v) is 5.42. The van der Waals surface area contributed by atoms with Crippen LogP contribution in [0.2, 0.25) is 0 Å². The molecule has 0 amide bonds. The number of ether oxygens (including phenoxy) is 2. The van der Waals surface area contributed by atoms with Gasteiger partial charge in [0.15, 0.2) is 0 Å². The molecule has 0 aromatic heterocycles. The van der Waals surface area contributed by atoms with E-state index in [1.165, 1.54) is 17.5 Å². The second-order valence-electron chi connectivity index (χ2n) is 5.42. The Morgan fingerprint density at radius 2 is 1.85 bits per heavy atom. The van der Waals surface area contributed by atoms with Crippen LogP contribution in [0.25, 0.3) is 0 Å². The molecule has 1 aromatic carbocycles. The van der Waals surface area contributed by atoms with Gasteiger partial charge in [0.1, 0.15) is 0 Å². The average molecular weight is 279 g/mol. The lowest BCUT2D eigenvalue weighted by Crippen LogP contribution is -2.20. The summed E-state index contributed by atoms with van der Waals surface area (Å²) >= 11 is 0. The van der Waals surface area contributed by atoms with Crippen molar-refractivity contribution in [3.8, 4) is 0 Å². The Labute approximate surface area is 123 Å². The summed E-state index contributed by atoms with van der Waals surface area (Å²) in [4.78, 5) is 0. The van der Waals surface area contributed by atoms with Crippen molar-refractivity contribution >= 4 is 0 Å². The molecule has 3 heteroatoms. The van der Waals surface area contributed by atoms with Gasteiger partial charge in [-0.3, -0.25) is 0 Å². The highest BCUT2D eigenvalue weighted by Crippen LogP contribution is 2.16. The molecule has 0 aliphatic rings. The van der Waals surface area contributed by atoms with Gasteiger partial charge in [-0.25, -0.2) is 0 Å². The molecule has 0 aliphatic heterocycles. The van der Waals surface area contributed by atoms with Crippen LogP contribution in [0.15, 0.2) is 24.3 Å². The minimum Gasteiger partial charge on any atom is -0.382 e. The molecule has 0 radical (unpaired) electrons. The van der Waals surface area contributed by atoms with Crippen LogP contribution in [0, 0.1) is 0 Å². The van der Waals surface area contributed by atoms with E-state index in [0.717, 1.165) is 13.1 Å². The van der Waals surface area contributed by atoms with Crippen LogP contribution >= 0.6 is 0 Å². The van der Waals surface area contributed by atoms with Crippen LogP contribution in [-0.2, 0) is 16.1 Å². The summed E-state index contributed by atoms with van der Waals surface area (Å²) < 4.78 is 10.8. The van der Waals surface area contributed by atoms with Crippen molar-refractivity contribution in [2.45, 2.75) is 45.8 Å². The monoisotopic (exact) mass is 279 g/mol. The first-order chi connectivity index (χ1) is 9.67. The SMILES string of the molecule is CCCNCC(C)c1ccc(COC(C)COC)cc1. The zero-order valence-electron chi connectivity index (χ0n) is 13.3. The molecule has 0 heterocycles. The van der Waals surface area contributed by atoms with E-state index in [1.807, 2.05) is 6.92 Å². The molecule has 20 heavy (non-hydrogen) atoms. The maximum atomic E-state index is 5.71. The first-order valence-corrected chi connectivity index (χ1v) is 7.57. The quantitative estimate of drug-likeness (QED) is 0.666. The molecule has 0 aliphatic carbocycles. The third-order valence-electron chi connectivity index (χ3n) is 3.36. The van der Waals surface area contributed by atoms with E-state index < -0.39 is 0 Å². The Kier molecular flexibility index (Phi) is 8.51. The summed E-state index contributed by atoms with van der Waals surface area (Å²) in [6.07, 6.45) is 1.32. The van der Waals surface area contributed by atoms with E-state index in [-0.39, 0.29) is 6.10 Å². The van der Waals surface area contributed by atoms with Crippen molar-refractivity contribution in [3.05, 3.63) is 35.4 Å². The molecular weight excluding hydrogens is 250 g/mol. The summed E-state index contributed by atoms with van der Waals surface area (Å²) in [6.45, 7) is 9.89. The number of benzene rings is 1. The number of methoxy groups -OCH3 is 1. The predicted molar refractivity (Wildman–Crippen MR) is 84.1 cm³/mol. The van der Waals surface area contributed by atoms with E-state index in [4.69, 9.17) is 9.47 Å². The Balaban J connectivity index is 2.39. The second kappa shape index (κ2) is 9.92. The first-order valence-electron chi connectivity index (χ1n) is 7.57. The lowest BCUT2D eigenvalue weighted by atomic mass is 10.00. The third-order valence-corrected chi connectivity index (χ3v) is 3.36. The molecule has 1 aromatic rings. The van der Waals surface area contributed by atoms with Gasteiger partial charge in [-0.05, 0) is 36.9 Å². The van der Waals surface area contributed by atoms with E-state index in [9.17, 15) is 0 Å². The topological polar surface area (TPSA) is 30.5 Å². The van der Waals surface area contributed by atoms with E-state index in [0.29, 0.717) is 19.1 Å². The Bertz CT molecular complexity index is 351. The molecule has 0 bridgehead atoms. The maximum Gasteiger partial charge on any atom is 0.0784 e. The van der Waals surface area contributed by atoms with Crippen molar-refractivity contribution < 1.29 is 9.47 Å². The number of hydrogen-bond donors (Lipinski definition) is 1. The lowest BCUT2D eigenvalue weighted by molar-refractivity contribution is -0.000130. The average Bonchev–Trinajstić information content (AvgIpc) is 2.46. The Hall–Kier alpha value is -0.900. The lowest BCUT2D eigenvalue weighted by Gasteiger charge is -2.14. The fourth-order valence-electron chi connectivity index (χ4n) is 2.08. The van der Waals surface area contributed by atoms with E-state index >= 15 is 0 Å². The van der Waals surface area contributed by atoms with E-state index in [1.54, 1.807) is 7.11 Å². The fourth-order valence-corrected chi connectivity index (χ4v) is 2.08. The largest absolute Gasteiger partial charge is 0.382 e. The molecule has 1 rings (SSSR count). The van der Waals surface area contributed by atoms with Crippen LogP contribution in [-0.4, -0.2) is 32.9 Å². The van der Waals surface area contributed by atoms with Gasteiger partial charge in [-0.15, -0.1) is 0 Å². The smallest absolute Gasteiger partial charge is 0.0784 e. The minimum atomic E-state index is 0.136. The van der Waals surface area contributed by atoms with Gasteiger partial charge in [-0.1, -0.05) is 38.1 Å². The fraction of sp³-hybridized carbons (Fsp3) is 0.647. The highest BCUT2D eigenvalue weighted by molar-refractivity contribution is 5.24. The van der Waals surface area contributed by atoms with Gasteiger partial charge in [-0.2, -0.15) is 0 Å². The van der Waals surface area contributed by atoms with Crippen LogP contribution in [0.1, 0.15) is 44.2 Å². The van der Waals surface area contributed by atoms with Gasteiger partial charge >= 0.3 is 0 Å². The van der Waals surface area contributed by atoms with Crippen molar-refractivity contribution in [3.63, 3.8) is 0 Å². The zero-order valence-corrected chi connectivity index (χ0v) is 13.3. The van der Waals surface area contributed by atoms with E-state index in [2.05, 4.69) is 43.4 Å². The Morgan fingerprint density at radius 1 is 1.15 bits per heavy atom. The number of hydrogen-bond acceptors (Lipinski definition) is 3. The Morgan fingerprint density at radius 3 is 2.45 bits per heavy atom. The van der Waals surface area contributed by atoms with Crippen molar-refractivity contribution in [1.82, 2.24) is 5.32 Å². The summed E-state index contributed by atoms with van der Waals surface area (Å²) in [5.74, 6) is 0.545. The van der Waals surface area contributed by atoms with Gasteiger partial charge in [0.2, 0.25) is 0 Å². The molecule has 2 atom stereocenters. The summed E-state index contributed by atoms with van der Waals surface area (Å²) in [7, 11) is 1.70. The number of rotatable bonds is 10. The van der Waals surface area contributed by atoms with Gasteiger partial charge in [0.05, 0.1) is 19.3 Å². The minimum absolute atomic E-state index is 0.136. The number of nitrogens with one attached hydrogen (secondary N) is 1. The molecule has 2 unspecified atom stereocenters. The highest BCUT2D eigenvalue weighted by atomic mass is 16.5. The third kappa shape index (κ3) is 6.51. The summed E-state index contributed by atoms with van der Waals surface area (Å²) in [5.41, 5.74) is 2.59. The molecule has 3 nitrogen and oxygen atoms in total. The van der Waals surface area contributed by atoms with Crippen molar-refractivity contribution in [1.29, 1.82) is 0 Å². The summed E-state index contributed by atoms with van der Waals surface area (Å²) in [5, 5.41) is 3.46. The first kappa shape index (κ1) is 17.2. The molecule has 0 saturated heterocycles. The van der Waals surface area contributed by atoms with Crippen LogP contribution in [0.4, 0.5) is 0 Å². The molecular formula is C17H29NO2. The van der Waals surface area contributed by atoms with Crippen LogP contribution in [0.3, 0.4) is 0 Å². The molecule has 114 valence electrons. The van der Waals surface area contributed by atoms with Gasteiger partial charge in [0.25, 0.3) is 0 Å². The normalized spacial score (nSPS) is 14.2. The zero-order chi connectivity index (χ0) is 14.8. The summed E-state index contributed by atoms with van der Waals surface area (Å²) in [6, 6.07) is 8.73. The van der Waals surface area contributed by atoms with Gasteiger partial charge < -0.3 is 14.8 Å². The highest BCUT2D eigenvalue weighted by Gasteiger charge is 2.06. The standard InChI is InChI=1S/C17H29NO2/c1-5-10-18-11-14(2)17-8-6-16(7-9-17)13-20-15(3)12-19-4/h6-9,14-15,18H,5,10-13H2,1-4H3. The molecule has 0 fully saturated rings. The molecule has 0 spiro atoms. The van der Waals surface area contributed by atoms with Crippen molar-refractivity contribution in [2.24, 2.45) is 0 Å². The predicted octanol–water partition coefficient (Wildman–Crippen LogP) is 3.34. The van der Waals surface area contributed by atoms with Crippen LogP contribution < -0.4 is 5.32 Å². The maximum absolute atomic E-state index is 5.71. The van der Waals surface area contributed by atoms with Crippen molar-refractivity contribution in [2.75, 3.05) is 26.8 Å². The molecule has 0 saturated carbocycles.